The minimum Gasteiger partial charge on any atom is -0.298 e. The Morgan fingerprint density at radius 2 is 1.86 bits per heavy atom. The summed E-state index contributed by atoms with van der Waals surface area (Å²) in [6.07, 6.45) is 1.69. The molecule has 0 saturated heterocycles. The largest absolute Gasteiger partial charge is 0.298 e. The Morgan fingerprint density at radius 1 is 1.00 bits per heavy atom. The minimum absolute atomic E-state index is 0.191. The summed E-state index contributed by atoms with van der Waals surface area (Å²) in [5, 5.41) is 4.41. The van der Waals surface area contributed by atoms with E-state index in [1.54, 1.807) is 12.3 Å². The number of para-hydroxylation sites is 2. The number of nitrogens with one attached hydrogen (secondary N) is 1. The van der Waals surface area contributed by atoms with Crippen LogP contribution in [-0.4, -0.2) is 15.9 Å². The van der Waals surface area contributed by atoms with Crippen LogP contribution in [0.15, 0.2) is 60.8 Å². The molecule has 0 saturated carbocycles. The van der Waals surface area contributed by atoms with Crippen LogP contribution >= 0.6 is 11.3 Å². The topological polar surface area (TPSA) is 54.9 Å². The predicted octanol–water partition coefficient (Wildman–Crippen LogP) is 4.10. The summed E-state index contributed by atoms with van der Waals surface area (Å²) < 4.78 is 1.05. The highest BCUT2D eigenvalue weighted by Crippen LogP contribution is 2.26. The second kappa shape index (κ2) is 5.20. The summed E-state index contributed by atoms with van der Waals surface area (Å²) in [7, 11) is 0. The van der Waals surface area contributed by atoms with E-state index in [0.29, 0.717) is 16.2 Å². The van der Waals surface area contributed by atoms with Crippen LogP contribution in [0.1, 0.15) is 10.4 Å². The zero-order chi connectivity index (χ0) is 14.9. The number of nitrogens with zero attached hydrogens (tertiary/aromatic N) is 2. The Balaban J connectivity index is 1.71. The molecule has 0 bridgehead atoms. The minimum atomic E-state index is -0.191. The first-order chi connectivity index (χ1) is 10.8. The normalized spacial score (nSPS) is 10.9. The molecule has 1 amide bonds. The number of rotatable bonds is 2. The van der Waals surface area contributed by atoms with Crippen LogP contribution in [0, 0.1) is 0 Å². The fraction of sp³-hybridized carbons (Fsp3) is 0. The number of anilines is 1. The molecule has 2 aromatic heterocycles. The molecule has 4 nitrogen and oxygen atoms in total. The third kappa shape index (κ3) is 2.21. The van der Waals surface area contributed by atoms with Crippen LogP contribution in [0.25, 0.3) is 21.1 Å². The molecule has 2 aromatic carbocycles. The lowest BCUT2D eigenvalue weighted by Gasteiger charge is -2.04. The van der Waals surface area contributed by atoms with Gasteiger partial charge in [0.1, 0.15) is 0 Å². The lowest BCUT2D eigenvalue weighted by molar-refractivity contribution is 0.102. The molecular formula is C17H11N3OS. The van der Waals surface area contributed by atoms with Crippen molar-refractivity contribution in [2.75, 3.05) is 5.32 Å². The lowest BCUT2D eigenvalue weighted by atomic mass is 10.1. The highest BCUT2D eigenvalue weighted by Gasteiger charge is 2.13. The number of carbonyl (C=O) groups excluding carboxylic acids is 1. The average molecular weight is 305 g/mol. The number of hydrogen-bond acceptors (Lipinski definition) is 4. The molecule has 0 spiro atoms. The lowest BCUT2D eigenvalue weighted by Crippen LogP contribution is -2.12. The van der Waals surface area contributed by atoms with Crippen molar-refractivity contribution in [3.63, 3.8) is 0 Å². The maximum Gasteiger partial charge on any atom is 0.259 e. The molecule has 0 aliphatic heterocycles. The Bertz CT molecular complexity index is 955. The number of thiazole rings is 1. The van der Waals surface area contributed by atoms with Gasteiger partial charge in [0.25, 0.3) is 5.91 Å². The zero-order valence-electron chi connectivity index (χ0n) is 11.5. The summed E-state index contributed by atoms with van der Waals surface area (Å²) >= 11 is 1.46. The van der Waals surface area contributed by atoms with Gasteiger partial charge in [-0.15, -0.1) is 0 Å². The van der Waals surface area contributed by atoms with Gasteiger partial charge in [-0.05, 0) is 24.3 Å². The van der Waals surface area contributed by atoms with E-state index in [9.17, 15) is 4.79 Å². The van der Waals surface area contributed by atoms with Gasteiger partial charge in [-0.25, -0.2) is 4.98 Å². The van der Waals surface area contributed by atoms with E-state index in [0.717, 1.165) is 15.6 Å². The Hall–Kier alpha value is -2.79. The van der Waals surface area contributed by atoms with Gasteiger partial charge in [-0.1, -0.05) is 41.7 Å². The van der Waals surface area contributed by atoms with Crippen molar-refractivity contribution in [1.29, 1.82) is 0 Å². The van der Waals surface area contributed by atoms with Gasteiger partial charge < -0.3 is 0 Å². The SMILES string of the molecule is O=C(Nc1nc2ccccc2s1)c1cccc2cccnc12. The number of amides is 1. The standard InChI is InChI=1S/C17H11N3OS/c21-16(12-7-3-5-11-6-4-10-18-15(11)12)20-17-19-13-8-1-2-9-14(13)22-17/h1-10H,(H,19,20,21). The van der Waals surface area contributed by atoms with Crippen molar-refractivity contribution >= 4 is 43.5 Å². The van der Waals surface area contributed by atoms with Crippen molar-refractivity contribution in [3.05, 3.63) is 66.4 Å². The van der Waals surface area contributed by atoms with Crippen LogP contribution < -0.4 is 5.32 Å². The quantitative estimate of drug-likeness (QED) is 0.606. The molecule has 4 aromatic rings. The van der Waals surface area contributed by atoms with Crippen molar-refractivity contribution in [2.45, 2.75) is 0 Å². The first kappa shape index (κ1) is 12.9. The third-order valence-corrected chi connectivity index (χ3v) is 4.34. The molecule has 0 radical (unpaired) electrons. The van der Waals surface area contributed by atoms with Crippen molar-refractivity contribution in [2.24, 2.45) is 0 Å². The van der Waals surface area contributed by atoms with Crippen LogP contribution in [0.4, 0.5) is 5.13 Å². The highest BCUT2D eigenvalue weighted by atomic mass is 32.1. The summed E-state index contributed by atoms with van der Waals surface area (Å²) in [6, 6.07) is 17.2. The van der Waals surface area contributed by atoms with E-state index < -0.39 is 0 Å². The van der Waals surface area contributed by atoms with E-state index in [4.69, 9.17) is 0 Å². The molecule has 22 heavy (non-hydrogen) atoms. The van der Waals surface area contributed by atoms with Crippen LogP contribution in [0.3, 0.4) is 0 Å². The number of hydrogen-bond donors (Lipinski definition) is 1. The van der Waals surface area contributed by atoms with Gasteiger partial charge in [0, 0.05) is 11.6 Å². The Kier molecular flexibility index (Phi) is 3.05. The van der Waals surface area contributed by atoms with Gasteiger partial charge >= 0.3 is 0 Å². The molecule has 1 N–H and O–H groups in total. The smallest absolute Gasteiger partial charge is 0.259 e. The average Bonchev–Trinajstić information content (AvgIpc) is 2.96. The number of aromatic nitrogens is 2. The summed E-state index contributed by atoms with van der Waals surface area (Å²) in [5.74, 6) is -0.191. The maximum atomic E-state index is 12.5. The van der Waals surface area contributed by atoms with Crippen LogP contribution in [0.5, 0.6) is 0 Å². The van der Waals surface area contributed by atoms with E-state index in [1.807, 2.05) is 48.5 Å². The molecule has 106 valence electrons. The number of fused-ring (bicyclic) bond motifs is 2. The summed E-state index contributed by atoms with van der Waals surface area (Å²) in [5.41, 5.74) is 2.14. The molecule has 0 aliphatic carbocycles. The number of benzene rings is 2. The number of carbonyl (C=O) groups is 1. The molecule has 0 aliphatic rings. The van der Waals surface area contributed by atoms with E-state index in [-0.39, 0.29) is 5.91 Å². The first-order valence-electron chi connectivity index (χ1n) is 6.82. The summed E-state index contributed by atoms with van der Waals surface area (Å²) in [6.45, 7) is 0. The van der Waals surface area contributed by atoms with Crippen LogP contribution in [0.2, 0.25) is 0 Å². The molecule has 0 unspecified atom stereocenters. The van der Waals surface area contributed by atoms with Gasteiger partial charge in [-0.2, -0.15) is 0 Å². The van der Waals surface area contributed by atoms with Crippen LogP contribution in [-0.2, 0) is 0 Å². The summed E-state index contributed by atoms with van der Waals surface area (Å²) in [4.78, 5) is 21.3. The van der Waals surface area contributed by atoms with E-state index in [1.165, 1.54) is 11.3 Å². The fourth-order valence-corrected chi connectivity index (χ4v) is 3.24. The van der Waals surface area contributed by atoms with Crippen molar-refractivity contribution in [1.82, 2.24) is 9.97 Å². The second-order valence-corrected chi connectivity index (χ2v) is 5.85. The molecule has 2 heterocycles. The molecule has 0 atom stereocenters. The van der Waals surface area contributed by atoms with Gasteiger partial charge in [0.15, 0.2) is 5.13 Å². The molecular weight excluding hydrogens is 294 g/mol. The fourth-order valence-electron chi connectivity index (χ4n) is 2.38. The van der Waals surface area contributed by atoms with Crippen molar-refractivity contribution < 1.29 is 4.79 Å². The maximum absolute atomic E-state index is 12.5. The zero-order valence-corrected chi connectivity index (χ0v) is 12.3. The van der Waals surface area contributed by atoms with Gasteiger partial charge in [-0.3, -0.25) is 15.1 Å². The third-order valence-electron chi connectivity index (χ3n) is 3.39. The van der Waals surface area contributed by atoms with E-state index in [2.05, 4.69) is 15.3 Å². The van der Waals surface area contributed by atoms with Gasteiger partial charge in [0.2, 0.25) is 0 Å². The Morgan fingerprint density at radius 3 is 2.77 bits per heavy atom. The monoisotopic (exact) mass is 305 g/mol. The van der Waals surface area contributed by atoms with E-state index >= 15 is 0 Å². The Labute approximate surface area is 130 Å². The first-order valence-corrected chi connectivity index (χ1v) is 7.63. The molecule has 0 fully saturated rings. The molecule has 5 heteroatoms. The van der Waals surface area contributed by atoms with Gasteiger partial charge in [0.05, 0.1) is 21.3 Å². The number of pyridine rings is 1. The second-order valence-electron chi connectivity index (χ2n) is 4.82. The van der Waals surface area contributed by atoms with Crippen molar-refractivity contribution in [3.8, 4) is 0 Å². The molecule has 4 rings (SSSR count). The predicted molar refractivity (Wildman–Crippen MR) is 89.3 cm³/mol. The highest BCUT2D eigenvalue weighted by molar-refractivity contribution is 7.22.